The third kappa shape index (κ3) is 7.03. The molecule has 3 aromatic rings. The minimum atomic E-state index is 0.194. The molecule has 0 saturated carbocycles. The molecule has 1 heterocycles. The van der Waals surface area contributed by atoms with Crippen LogP contribution in [0.25, 0.3) is 0 Å². The van der Waals surface area contributed by atoms with Crippen molar-refractivity contribution in [2.24, 2.45) is 10.1 Å². The van der Waals surface area contributed by atoms with Gasteiger partial charge in [0.25, 0.3) is 0 Å². The molecular weight excluding hydrogens is 461 g/mol. The fourth-order valence-electron chi connectivity index (χ4n) is 3.05. The summed E-state index contributed by atoms with van der Waals surface area (Å²) in [4.78, 5) is 13.7. The molecule has 0 aliphatic heterocycles. The summed E-state index contributed by atoms with van der Waals surface area (Å²) in [5.74, 6) is 0.715. The average Bonchev–Trinajstić information content (AvgIpc) is 3.20. The second-order valence-electron chi connectivity index (χ2n) is 6.86. The molecule has 7 heteroatoms. The monoisotopic (exact) mass is 485 g/mol. The summed E-state index contributed by atoms with van der Waals surface area (Å²) < 4.78 is 0. The zero-order valence-electron chi connectivity index (χ0n) is 17.6. The van der Waals surface area contributed by atoms with Gasteiger partial charge in [0.1, 0.15) is 5.71 Å². The number of nitrogens with zero attached hydrogens (tertiary/aromatic N) is 2. The van der Waals surface area contributed by atoms with Crippen LogP contribution in [0, 0.1) is 20.8 Å². The normalized spacial score (nSPS) is 11.8. The second kappa shape index (κ2) is 12.0. The summed E-state index contributed by atoms with van der Waals surface area (Å²) in [5, 5.41) is 4.20. The standard InChI is InChI=1S/C23H25N3O.2ClH.Fe/c1-15-13-16(2)23(17(3)14-15)24-18(4)21-11-12-22(25-21)19(5)26-27-20-9-7-6-8-10-20;;;/h6-14,25H,1-5H3;2*1H;/q;;;+2/p-2/b24-18?,26-19+;;;. The number of aryl methyl sites for hydroxylation is 3. The molecule has 1 aromatic heterocycles. The number of hydrogen-bond donors (Lipinski definition) is 1. The van der Waals surface area contributed by atoms with Gasteiger partial charge >= 0.3 is 33.3 Å². The summed E-state index contributed by atoms with van der Waals surface area (Å²) in [6.45, 7) is 10.2. The number of aliphatic imine (C=N–C) groups is 1. The summed E-state index contributed by atoms with van der Waals surface area (Å²) in [6.07, 6.45) is 0. The molecule has 0 spiro atoms. The van der Waals surface area contributed by atoms with E-state index in [1.54, 1.807) is 0 Å². The van der Waals surface area contributed by atoms with E-state index in [2.05, 4.69) is 43.0 Å². The first kappa shape index (κ1) is 24.2. The summed E-state index contributed by atoms with van der Waals surface area (Å²) in [7, 11) is 9.53. The van der Waals surface area contributed by atoms with Gasteiger partial charge in [-0.2, -0.15) is 0 Å². The van der Waals surface area contributed by atoms with Crippen LogP contribution in [0.1, 0.15) is 41.9 Å². The molecule has 2 aromatic carbocycles. The van der Waals surface area contributed by atoms with Gasteiger partial charge in [-0.05, 0) is 70.0 Å². The first-order chi connectivity index (χ1) is 14.3. The van der Waals surface area contributed by atoms with Gasteiger partial charge in [-0.3, -0.25) is 4.99 Å². The molecule has 30 heavy (non-hydrogen) atoms. The summed E-state index contributed by atoms with van der Waals surface area (Å²) >= 11 is 0.194. The molecule has 0 saturated heterocycles. The maximum absolute atomic E-state index is 5.47. The van der Waals surface area contributed by atoms with E-state index in [9.17, 15) is 0 Å². The third-order valence-electron chi connectivity index (χ3n) is 4.41. The number of oxime groups is 1. The van der Waals surface area contributed by atoms with E-state index in [-0.39, 0.29) is 13.1 Å². The van der Waals surface area contributed by atoms with Crippen LogP contribution < -0.4 is 4.84 Å². The van der Waals surface area contributed by atoms with Crippen molar-refractivity contribution < 1.29 is 18.0 Å². The van der Waals surface area contributed by atoms with Crippen molar-refractivity contribution in [2.45, 2.75) is 34.6 Å². The fraction of sp³-hybridized carbons (Fsp3) is 0.217. The van der Waals surface area contributed by atoms with Gasteiger partial charge in [-0.1, -0.05) is 41.1 Å². The Labute approximate surface area is 193 Å². The number of aromatic nitrogens is 1. The third-order valence-corrected chi connectivity index (χ3v) is 4.41. The van der Waals surface area contributed by atoms with Crippen LogP contribution in [0.15, 0.2) is 64.7 Å². The van der Waals surface area contributed by atoms with Gasteiger partial charge in [0, 0.05) is 0 Å². The first-order valence-corrected chi connectivity index (χ1v) is 12.3. The number of H-pyrrole nitrogens is 1. The van der Waals surface area contributed by atoms with Crippen molar-refractivity contribution >= 4 is 37.3 Å². The number of rotatable bonds is 5. The Morgan fingerprint density at radius 3 is 1.97 bits per heavy atom. The Kier molecular flexibility index (Phi) is 9.67. The zero-order valence-corrected chi connectivity index (χ0v) is 20.2. The van der Waals surface area contributed by atoms with Crippen molar-refractivity contribution in [1.82, 2.24) is 4.98 Å². The van der Waals surface area contributed by atoms with E-state index in [0.717, 1.165) is 28.5 Å². The molecule has 160 valence electrons. The van der Waals surface area contributed by atoms with Crippen molar-refractivity contribution in [3.8, 4) is 5.75 Å². The van der Waals surface area contributed by atoms with Crippen molar-refractivity contribution in [3.05, 3.63) is 82.7 Å². The molecule has 0 aliphatic carbocycles. The van der Waals surface area contributed by atoms with Gasteiger partial charge in [0.05, 0.1) is 22.8 Å². The quantitative estimate of drug-likeness (QED) is 0.230. The fourth-order valence-corrected chi connectivity index (χ4v) is 3.05. The van der Waals surface area contributed by atoms with Crippen molar-refractivity contribution in [3.63, 3.8) is 0 Å². The number of aromatic amines is 1. The second-order valence-corrected chi connectivity index (χ2v) is 8.69. The molecule has 4 nitrogen and oxygen atoms in total. The van der Waals surface area contributed by atoms with Crippen molar-refractivity contribution in [1.29, 1.82) is 0 Å². The topological polar surface area (TPSA) is 49.7 Å². The maximum atomic E-state index is 5.47. The van der Waals surface area contributed by atoms with E-state index < -0.39 is 0 Å². The van der Waals surface area contributed by atoms with Gasteiger partial charge in [-0.25, -0.2) is 0 Å². The number of para-hydroxylation sites is 1. The zero-order chi connectivity index (χ0) is 22.1. The Morgan fingerprint density at radius 2 is 1.40 bits per heavy atom. The minimum absolute atomic E-state index is 0.194. The number of halogens is 2. The Hall–Kier alpha value is -2.04. The van der Waals surface area contributed by atoms with Crippen LogP contribution in [0.5, 0.6) is 5.75 Å². The molecule has 1 N–H and O–H groups in total. The van der Waals surface area contributed by atoms with Gasteiger partial charge in [0.2, 0.25) is 0 Å². The average molecular weight is 486 g/mol. The molecule has 0 unspecified atom stereocenters. The van der Waals surface area contributed by atoms with Crippen LogP contribution >= 0.6 is 20.2 Å². The van der Waals surface area contributed by atoms with E-state index in [1.165, 1.54) is 16.7 Å². The van der Waals surface area contributed by atoms with E-state index >= 15 is 0 Å². The van der Waals surface area contributed by atoms with E-state index in [4.69, 9.17) is 30.0 Å². The summed E-state index contributed by atoms with van der Waals surface area (Å²) in [5.41, 5.74) is 8.27. The molecule has 0 radical (unpaired) electrons. The Morgan fingerprint density at radius 1 is 0.867 bits per heavy atom. The van der Waals surface area contributed by atoms with E-state index in [0.29, 0.717) is 5.75 Å². The number of nitrogens with one attached hydrogen (secondary N) is 1. The first-order valence-electron chi connectivity index (χ1n) is 9.30. The summed E-state index contributed by atoms with van der Waals surface area (Å²) in [6, 6.07) is 17.9. The molecule has 3 rings (SSSR count). The number of hydrogen-bond acceptors (Lipinski definition) is 3. The molecule has 0 aliphatic rings. The Balaban J connectivity index is 0.00000101. The predicted molar refractivity (Wildman–Crippen MR) is 124 cm³/mol. The van der Waals surface area contributed by atoms with Crippen LogP contribution in [0.2, 0.25) is 0 Å². The van der Waals surface area contributed by atoms with Gasteiger partial charge < -0.3 is 9.82 Å². The SMILES string of the molecule is CC(=Nc1c(C)cc(C)cc1C)c1ccc(/C(C)=N/Oc2ccccc2)[nH]1.[Cl][Fe][Cl]. The predicted octanol–water partition coefficient (Wildman–Crippen LogP) is 7.26. The van der Waals surface area contributed by atoms with Gasteiger partial charge in [0.15, 0.2) is 5.75 Å². The Bertz CT molecular complexity index is 1010. The molecule has 0 amide bonds. The van der Waals surface area contributed by atoms with Crippen LogP contribution in [0.4, 0.5) is 5.69 Å². The van der Waals surface area contributed by atoms with Crippen LogP contribution in [0.3, 0.4) is 0 Å². The van der Waals surface area contributed by atoms with Crippen LogP contribution in [-0.4, -0.2) is 16.4 Å². The van der Waals surface area contributed by atoms with Gasteiger partial charge in [-0.15, -0.1) is 0 Å². The molecular formula is C23H25Cl2FeN3O. The van der Waals surface area contributed by atoms with Crippen molar-refractivity contribution in [2.75, 3.05) is 0 Å². The van der Waals surface area contributed by atoms with E-state index in [1.807, 2.05) is 56.3 Å². The number of benzene rings is 2. The molecule has 0 fully saturated rings. The molecule has 0 atom stereocenters. The van der Waals surface area contributed by atoms with Crippen LogP contribution in [-0.2, 0) is 13.1 Å². The molecule has 0 bridgehead atoms.